The maximum absolute atomic E-state index is 11.4. The van der Waals surface area contributed by atoms with Crippen molar-refractivity contribution in [1.29, 1.82) is 5.26 Å². The van der Waals surface area contributed by atoms with Crippen molar-refractivity contribution >= 4 is 5.97 Å². The molecule has 1 N–H and O–H groups in total. The minimum absolute atomic E-state index is 0.151. The molecule has 0 aliphatic carbocycles. The van der Waals surface area contributed by atoms with Gasteiger partial charge in [-0.15, -0.1) is 0 Å². The van der Waals surface area contributed by atoms with Gasteiger partial charge in [0, 0.05) is 19.5 Å². The highest BCUT2D eigenvalue weighted by atomic mass is 16.5. The van der Waals surface area contributed by atoms with Gasteiger partial charge in [-0.3, -0.25) is 9.69 Å². The highest BCUT2D eigenvalue weighted by molar-refractivity contribution is 5.76. The van der Waals surface area contributed by atoms with E-state index in [1.807, 2.05) is 4.90 Å². The van der Waals surface area contributed by atoms with E-state index in [0.717, 1.165) is 0 Å². The van der Waals surface area contributed by atoms with E-state index in [9.17, 15) is 9.90 Å². The van der Waals surface area contributed by atoms with Crippen LogP contribution in [0.4, 0.5) is 0 Å². The van der Waals surface area contributed by atoms with Crippen LogP contribution in [0, 0.1) is 17.2 Å². The van der Waals surface area contributed by atoms with Crippen LogP contribution in [0.2, 0.25) is 0 Å². The molecular weight excluding hydrogens is 196 g/mol. The lowest BCUT2D eigenvalue weighted by Crippen LogP contribution is -2.39. The Hall–Kier alpha value is -1.12. The lowest BCUT2D eigenvalue weighted by Gasteiger charge is -2.22. The molecule has 1 saturated heterocycles. The smallest absolute Gasteiger partial charge is 0.323 e. The number of ether oxygens (including phenoxy) is 1. The molecule has 1 heterocycles. The van der Waals surface area contributed by atoms with Crippen molar-refractivity contribution in [3.63, 3.8) is 0 Å². The highest BCUT2D eigenvalue weighted by Gasteiger charge is 2.37. The Bertz CT molecular complexity index is 274. The minimum atomic E-state index is -0.500. The van der Waals surface area contributed by atoms with Gasteiger partial charge in [-0.2, -0.15) is 5.26 Å². The van der Waals surface area contributed by atoms with Gasteiger partial charge >= 0.3 is 5.97 Å². The Morgan fingerprint density at radius 3 is 3.00 bits per heavy atom. The first-order valence-corrected chi connectivity index (χ1v) is 4.98. The third-order valence-corrected chi connectivity index (χ3v) is 2.58. The Labute approximate surface area is 89.2 Å². The van der Waals surface area contributed by atoms with Crippen LogP contribution in [0.15, 0.2) is 0 Å². The van der Waals surface area contributed by atoms with E-state index in [2.05, 4.69) is 10.8 Å². The number of aliphatic hydroxyl groups excluding tert-OH is 1. The fourth-order valence-corrected chi connectivity index (χ4v) is 1.85. The minimum Gasteiger partial charge on any atom is -0.468 e. The average molecular weight is 212 g/mol. The average Bonchev–Trinajstić information content (AvgIpc) is 2.58. The van der Waals surface area contributed by atoms with Crippen LogP contribution in [-0.2, 0) is 9.53 Å². The fraction of sp³-hybridized carbons (Fsp3) is 0.800. The molecule has 0 aromatic rings. The van der Waals surface area contributed by atoms with Gasteiger partial charge < -0.3 is 9.84 Å². The highest BCUT2D eigenvalue weighted by Crippen LogP contribution is 2.20. The van der Waals surface area contributed by atoms with E-state index in [-0.39, 0.29) is 11.9 Å². The summed E-state index contributed by atoms with van der Waals surface area (Å²) >= 11 is 0. The number of methoxy groups -OCH3 is 1. The van der Waals surface area contributed by atoms with Crippen molar-refractivity contribution in [3.8, 4) is 6.07 Å². The van der Waals surface area contributed by atoms with Crippen molar-refractivity contribution in [3.05, 3.63) is 0 Å². The van der Waals surface area contributed by atoms with Crippen LogP contribution in [0.3, 0.4) is 0 Å². The molecule has 0 radical (unpaired) electrons. The first-order valence-electron chi connectivity index (χ1n) is 4.98. The zero-order chi connectivity index (χ0) is 11.4. The third-order valence-electron chi connectivity index (χ3n) is 2.58. The van der Waals surface area contributed by atoms with E-state index < -0.39 is 12.1 Å². The number of carbonyl (C=O) groups excluding carboxylic acids is 1. The van der Waals surface area contributed by atoms with Crippen LogP contribution in [0.5, 0.6) is 0 Å². The summed E-state index contributed by atoms with van der Waals surface area (Å²) in [5, 5.41) is 18.2. The summed E-state index contributed by atoms with van der Waals surface area (Å²) in [6, 6.07) is 1.71. The number of hydrogen-bond donors (Lipinski definition) is 1. The van der Waals surface area contributed by atoms with E-state index in [4.69, 9.17) is 5.26 Å². The largest absolute Gasteiger partial charge is 0.468 e. The summed E-state index contributed by atoms with van der Waals surface area (Å²) in [5.41, 5.74) is 0. The molecule has 1 fully saturated rings. The SMILES string of the molecule is COC(=O)C1CC(O)CN1CC(C)C#N. The summed E-state index contributed by atoms with van der Waals surface area (Å²) in [7, 11) is 1.33. The molecule has 0 spiro atoms. The Balaban J connectivity index is 2.61. The number of esters is 1. The first kappa shape index (κ1) is 12.0. The molecule has 5 heteroatoms. The molecule has 0 saturated carbocycles. The molecule has 0 bridgehead atoms. The van der Waals surface area contributed by atoms with Crippen molar-refractivity contribution in [2.75, 3.05) is 20.2 Å². The number of carbonyl (C=O) groups is 1. The normalized spacial score (nSPS) is 28.4. The fourth-order valence-electron chi connectivity index (χ4n) is 1.85. The lowest BCUT2D eigenvalue weighted by molar-refractivity contribution is -0.146. The molecule has 0 aromatic carbocycles. The standard InChI is InChI=1S/C10H16N2O3/c1-7(4-11)5-12-6-8(13)3-9(12)10(14)15-2/h7-9,13H,3,5-6H2,1-2H3. The maximum atomic E-state index is 11.4. The number of likely N-dealkylation sites (tertiary alicyclic amines) is 1. The molecule has 15 heavy (non-hydrogen) atoms. The predicted molar refractivity (Wildman–Crippen MR) is 52.8 cm³/mol. The van der Waals surface area contributed by atoms with Crippen molar-refractivity contribution in [2.45, 2.75) is 25.5 Å². The molecule has 1 rings (SSSR count). The molecule has 5 nitrogen and oxygen atoms in total. The van der Waals surface area contributed by atoms with Gasteiger partial charge in [0.2, 0.25) is 0 Å². The Kier molecular flexibility index (Phi) is 4.06. The van der Waals surface area contributed by atoms with Gasteiger partial charge in [0.1, 0.15) is 6.04 Å². The van der Waals surface area contributed by atoms with Gasteiger partial charge in [0.15, 0.2) is 0 Å². The molecular formula is C10H16N2O3. The summed E-state index contributed by atoms with van der Waals surface area (Å²) in [6.45, 7) is 2.72. The number of nitrogens with zero attached hydrogens (tertiary/aromatic N) is 2. The van der Waals surface area contributed by atoms with Gasteiger partial charge in [-0.25, -0.2) is 0 Å². The second kappa shape index (κ2) is 5.10. The molecule has 1 aliphatic rings. The van der Waals surface area contributed by atoms with E-state index >= 15 is 0 Å². The van der Waals surface area contributed by atoms with Crippen LogP contribution in [0.1, 0.15) is 13.3 Å². The quantitative estimate of drug-likeness (QED) is 0.653. The Morgan fingerprint density at radius 2 is 2.47 bits per heavy atom. The van der Waals surface area contributed by atoms with Crippen molar-refractivity contribution in [2.24, 2.45) is 5.92 Å². The molecule has 3 unspecified atom stereocenters. The first-order chi connectivity index (χ1) is 7.08. The summed E-state index contributed by atoms with van der Waals surface area (Å²) < 4.78 is 4.65. The lowest BCUT2D eigenvalue weighted by atomic mass is 10.1. The zero-order valence-corrected chi connectivity index (χ0v) is 9.01. The summed E-state index contributed by atoms with van der Waals surface area (Å²) in [5.74, 6) is -0.487. The molecule has 84 valence electrons. The summed E-state index contributed by atoms with van der Waals surface area (Å²) in [6.07, 6.45) is -0.106. The molecule has 1 aliphatic heterocycles. The predicted octanol–water partition coefficient (Wildman–Crippen LogP) is -0.246. The monoisotopic (exact) mass is 212 g/mol. The Morgan fingerprint density at radius 1 is 1.80 bits per heavy atom. The van der Waals surface area contributed by atoms with Crippen LogP contribution in [-0.4, -0.2) is 48.3 Å². The van der Waals surface area contributed by atoms with E-state index in [1.165, 1.54) is 7.11 Å². The maximum Gasteiger partial charge on any atom is 0.323 e. The number of nitriles is 1. The molecule has 0 aromatic heterocycles. The molecule has 0 amide bonds. The topological polar surface area (TPSA) is 73.6 Å². The van der Waals surface area contributed by atoms with Crippen LogP contribution < -0.4 is 0 Å². The number of hydrogen-bond acceptors (Lipinski definition) is 5. The van der Waals surface area contributed by atoms with Crippen molar-refractivity contribution in [1.82, 2.24) is 4.90 Å². The van der Waals surface area contributed by atoms with Gasteiger partial charge in [-0.1, -0.05) is 0 Å². The number of aliphatic hydroxyl groups is 1. The van der Waals surface area contributed by atoms with Crippen LogP contribution in [0.25, 0.3) is 0 Å². The van der Waals surface area contributed by atoms with E-state index in [1.54, 1.807) is 6.92 Å². The third kappa shape index (κ3) is 2.91. The second-order valence-electron chi connectivity index (χ2n) is 3.91. The number of rotatable bonds is 3. The summed E-state index contributed by atoms with van der Waals surface area (Å²) in [4.78, 5) is 13.2. The second-order valence-corrected chi connectivity index (χ2v) is 3.91. The molecule has 3 atom stereocenters. The van der Waals surface area contributed by atoms with Crippen LogP contribution >= 0.6 is 0 Å². The van der Waals surface area contributed by atoms with Crippen molar-refractivity contribution < 1.29 is 14.6 Å². The van der Waals surface area contributed by atoms with Gasteiger partial charge in [-0.05, 0) is 6.92 Å². The van der Waals surface area contributed by atoms with Gasteiger partial charge in [0.05, 0.1) is 25.2 Å². The zero-order valence-electron chi connectivity index (χ0n) is 9.01. The van der Waals surface area contributed by atoms with Gasteiger partial charge in [0.25, 0.3) is 0 Å². The number of β-amino-alcohol motifs (C(OH)–C–C–N with tert-alkyl or cyclic N) is 1. The van der Waals surface area contributed by atoms with E-state index in [0.29, 0.717) is 19.5 Å².